The number of carbonyl (C=O) groups is 1. The number of piperidine rings is 1. The first-order valence-electron chi connectivity index (χ1n) is 12.4. The second-order valence-corrected chi connectivity index (χ2v) is 9.15. The Morgan fingerprint density at radius 2 is 1.78 bits per heavy atom. The molecule has 1 amide bonds. The van der Waals surface area contributed by atoms with Crippen LogP contribution in [-0.2, 0) is 16.1 Å². The van der Waals surface area contributed by atoms with Gasteiger partial charge in [0.15, 0.2) is 5.96 Å². The Labute approximate surface area is 192 Å². The summed E-state index contributed by atoms with van der Waals surface area (Å²) < 4.78 is 5.39. The molecule has 3 aliphatic rings. The van der Waals surface area contributed by atoms with Crippen LogP contribution in [0.2, 0.25) is 0 Å². The number of rotatable bonds is 6. The van der Waals surface area contributed by atoms with Crippen LogP contribution in [0.25, 0.3) is 0 Å². The zero-order valence-electron chi connectivity index (χ0n) is 19.5. The Morgan fingerprint density at radius 1 is 1.03 bits per heavy atom. The van der Waals surface area contributed by atoms with Crippen molar-refractivity contribution in [3.63, 3.8) is 0 Å². The summed E-state index contributed by atoms with van der Waals surface area (Å²) in [4.78, 5) is 24.8. The van der Waals surface area contributed by atoms with Crippen molar-refractivity contribution in [3.8, 4) is 0 Å². The summed E-state index contributed by atoms with van der Waals surface area (Å²) in [6, 6.07) is 11.3. The minimum atomic E-state index is 0.142. The number of aliphatic imine (C=N–C) groups is 1. The number of hydrogen-bond acceptors (Lipinski definition) is 4. The predicted molar refractivity (Wildman–Crippen MR) is 128 cm³/mol. The average molecular weight is 442 g/mol. The van der Waals surface area contributed by atoms with E-state index in [1.165, 1.54) is 18.4 Å². The van der Waals surface area contributed by atoms with Crippen molar-refractivity contribution < 1.29 is 9.53 Å². The molecule has 1 atom stereocenters. The molecule has 1 N–H and O–H groups in total. The van der Waals surface area contributed by atoms with Gasteiger partial charge in [0.2, 0.25) is 5.91 Å². The Balaban J connectivity index is 1.30. The smallest absolute Gasteiger partial charge is 0.225 e. The average Bonchev–Trinajstić information content (AvgIpc) is 3.29. The van der Waals surface area contributed by atoms with E-state index < -0.39 is 0 Å². The summed E-state index contributed by atoms with van der Waals surface area (Å²) in [7, 11) is 0. The van der Waals surface area contributed by atoms with Crippen LogP contribution < -0.4 is 5.32 Å². The highest BCUT2D eigenvalue weighted by Crippen LogP contribution is 2.22. The maximum absolute atomic E-state index is 12.8. The molecule has 3 aliphatic heterocycles. The molecule has 176 valence electrons. The fourth-order valence-electron chi connectivity index (χ4n) is 5.13. The van der Waals surface area contributed by atoms with Crippen LogP contribution in [-0.4, -0.2) is 91.6 Å². The number of nitrogens with one attached hydrogen (secondary N) is 1. The van der Waals surface area contributed by atoms with Gasteiger partial charge in [-0.05, 0) is 44.7 Å². The summed E-state index contributed by atoms with van der Waals surface area (Å²) in [5.41, 5.74) is 1.38. The molecule has 0 aromatic heterocycles. The summed E-state index contributed by atoms with van der Waals surface area (Å²) in [5.74, 6) is 1.47. The Bertz CT molecular complexity index is 742. The summed E-state index contributed by atoms with van der Waals surface area (Å²) in [5, 5.41) is 3.49. The number of carbonyl (C=O) groups excluding carboxylic acids is 1. The molecular weight excluding hydrogens is 402 g/mol. The van der Waals surface area contributed by atoms with E-state index in [0.717, 1.165) is 71.2 Å². The first-order valence-corrected chi connectivity index (χ1v) is 12.4. The summed E-state index contributed by atoms with van der Waals surface area (Å²) >= 11 is 0. The fourth-order valence-corrected chi connectivity index (χ4v) is 5.13. The van der Waals surface area contributed by atoms with Gasteiger partial charge in [0.05, 0.1) is 19.8 Å². The molecule has 1 unspecified atom stereocenters. The van der Waals surface area contributed by atoms with Crippen molar-refractivity contribution in [1.29, 1.82) is 0 Å². The molecule has 0 radical (unpaired) electrons. The van der Waals surface area contributed by atoms with Gasteiger partial charge in [-0.1, -0.05) is 30.3 Å². The van der Waals surface area contributed by atoms with E-state index in [2.05, 4.69) is 52.4 Å². The second kappa shape index (κ2) is 11.7. The maximum atomic E-state index is 12.8. The molecule has 0 aliphatic carbocycles. The van der Waals surface area contributed by atoms with Gasteiger partial charge in [-0.15, -0.1) is 0 Å². The molecule has 0 bridgehead atoms. The number of guanidine groups is 1. The lowest BCUT2D eigenvalue weighted by Crippen LogP contribution is -2.50. The third kappa shape index (κ3) is 6.01. The molecule has 0 saturated carbocycles. The van der Waals surface area contributed by atoms with Crippen LogP contribution >= 0.6 is 0 Å². The molecule has 1 aromatic carbocycles. The lowest BCUT2D eigenvalue weighted by Gasteiger charge is -2.37. The highest BCUT2D eigenvalue weighted by atomic mass is 16.5. The molecule has 0 spiro atoms. The van der Waals surface area contributed by atoms with E-state index in [1.54, 1.807) is 0 Å². The lowest BCUT2D eigenvalue weighted by molar-refractivity contribution is -0.140. The Kier molecular flexibility index (Phi) is 8.40. The zero-order chi connectivity index (χ0) is 22.2. The lowest BCUT2D eigenvalue weighted by atomic mass is 9.95. The fraction of sp³-hybridized carbons (Fsp3) is 0.680. The highest BCUT2D eigenvalue weighted by Gasteiger charge is 2.31. The standard InChI is InChI=1S/C25H39N5O2/c1-2-26-25(27-19-23-9-6-12-30(23)20-21-7-4-3-5-8-21)29-13-10-22(11-14-29)24(31)28-15-17-32-18-16-28/h3-5,7-8,22-23H,2,6,9-20H2,1H3,(H,26,27). The maximum Gasteiger partial charge on any atom is 0.225 e. The molecule has 3 heterocycles. The normalized spacial score (nSPS) is 23.5. The van der Waals surface area contributed by atoms with Crippen LogP contribution in [0.1, 0.15) is 38.2 Å². The van der Waals surface area contributed by atoms with E-state index in [9.17, 15) is 4.79 Å². The van der Waals surface area contributed by atoms with E-state index in [4.69, 9.17) is 9.73 Å². The highest BCUT2D eigenvalue weighted by molar-refractivity contribution is 5.82. The Hall–Kier alpha value is -2.12. The number of hydrogen-bond donors (Lipinski definition) is 1. The third-order valence-corrected chi connectivity index (χ3v) is 6.98. The van der Waals surface area contributed by atoms with Crippen LogP contribution in [0.5, 0.6) is 0 Å². The largest absolute Gasteiger partial charge is 0.378 e. The predicted octanol–water partition coefficient (Wildman–Crippen LogP) is 2.19. The van der Waals surface area contributed by atoms with Crippen molar-refractivity contribution >= 4 is 11.9 Å². The SMILES string of the molecule is CCNC(=NCC1CCCN1Cc1ccccc1)N1CCC(C(=O)N2CCOCC2)CC1. The van der Waals surface area contributed by atoms with Gasteiger partial charge in [-0.25, -0.2) is 0 Å². The van der Waals surface area contributed by atoms with Gasteiger partial charge in [-0.3, -0.25) is 14.7 Å². The summed E-state index contributed by atoms with van der Waals surface area (Å²) in [6.45, 7) is 10.6. The Morgan fingerprint density at radius 3 is 2.50 bits per heavy atom. The molecule has 7 heteroatoms. The molecule has 7 nitrogen and oxygen atoms in total. The van der Waals surface area contributed by atoms with Gasteiger partial charge in [0.25, 0.3) is 0 Å². The molecular formula is C25H39N5O2. The van der Waals surface area contributed by atoms with Crippen LogP contribution in [0.3, 0.4) is 0 Å². The van der Waals surface area contributed by atoms with E-state index in [-0.39, 0.29) is 5.92 Å². The van der Waals surface area contributed by atoms with Gasteiger partial charge in [-0.2, -0.15) is 0 Å². The van der Waals surface area contributed by atoms with Crippen LogP contribution in [0.4, 0.5) is 0 Å². The number of amides is 1. The number of benzene rings is 1. The van der Waals surface area contributed by atoms with Gasteiger partial charge < -0.3 is 19.9 Å². The van der Waals surface area contributed by atoms with Gasteiger partial charge in [0, 0.05) is 51.2 Å². The van der Waals surface area contributed by atoms with Crippen molar-refractivity contribution in [2.75, 3.05) is 59.0 Å². The van der Waals surface area contributed by atoms with Gasteiger partial charge in [0.1, 0.15) is 0 Å². The second-order valence-electron chi connectivity index (χ2n) is 9.15. The van der Waals surface area contributed by atoms with E-state index in [1.807, 2.05) is 4.90 Å². The molecule has 1 aromatic rings. The third-order valence-electron chi connectivity index (χ3n) is 6.98. The van der Waals surface area contributed by atoms with E-state index >= 15 is 0 Å². The molecule has 4 rings (SSSR count). The number of nitrogens with zero attached hydrogens (tertiary/aromatic N) is 4. The van der Waals surface area contributed by atoms with Crippen molar-refractivity contribution in [2.45, 2.75) is 45.2 Å². The van der Waals surface area contributed by atoms with Crippen molar-refractivity contribution in [2.24, 2.45) is 10.9 Å². The minimum absolute atomic E-state index is 0.142. The van der Waals surface area contributed by atoms with Gasteiger partial charge >= 0.3 is 0 Å². The van der Waals surface area contributed by atoms with Crippen LogP contribution in [0.15, 0.2) is 35.3 Å². The van der Waals surface area contributed by atoms with Crippen LogP contribution in [0, 0.1) is 5.92 Å². The first-order chi connectivity index (χ1) is 15.7. The summed E-state index contributed by atoms with van der Waals surface area (Å²) in [6.07, 6.45) is 4.28. The first kappa shape index (κ1) is 23.1. The number of likely N-dealkylation sites (tertiary alicyclic amines) is 2. The zero-order valence-corrected chi connectivity index (χ0v) is 19.5. The monoisotopic (exact) mass is 441 g/mol. The van der Waals surface area contributed by atoms with Crippen molar-refractivity contribution in [3.05, 3.63) is 35.9 Å². The molecule has 3 saturated heterocycles. The number of ether oxygens (including phenoxy) is 1. The van der Waals surface area contributed by atoms with E-state index in [0.29, 0.717) is 25.2 Å². The topological polar surface area (TPSA) is 60.4 Å². The molecule has 3 fully saturated rings. The number of morpholine rings is 1. The van der Waals surface area contributed by atoms with Crippen molar-refractivity contribution in [1.82, 2.24) is 20.0 Å². The minimum Gasteiger partial charge on any atom is -0.378 e. The molecule has 32 heavy (non-hydrogen) atoms. The quantitative estimate of drug-likeness (QED) is 0.542.